The van der Waals surface area contributed by atoms with E-state index in [4.69, 9.17) is 9.47 Å². The Morgan fingerprint density at radius 3 is 2.81 bits per heavy atom. The van der Waals surface area contributed by atoms with Crippen LogP contribution in [0.5, 0.6) is 5.75 Å². The highest BCUT2D eigenvalue weighted by Crippen LogP contribution is 2.27. The second kappa shape index (κ2) is 6.53. The number of hydrogen-bond donors (Lipinski definition) is 1. The maximum absolute atomic E-state index is 11.7. The molecule has 0 radical (unpaired) electrons. The van der Waals surface area contributed by atoms with Crippen LogP contribution in [0.15, 0.2) is 18.2 Å². The van der Waals surface area contributed by atoms with E-state index in [2.05, 4.69) is 5.32 Å². The predicted octanol–water partition coefficient (Wildman–Crippen LogP) is 1.58. The van der Waals surface area contributed by atoms with Crippen LogP contribution in [0.25, 0.3) is 0 Å². The summed E-state index contributed by atoms with van der Waals surface area (Å²) in [6.45, 7) is 1.69. The summed E-state index contributed by atoms with van der Waals surface area (Å²) in [5, 5.41) is 14.0. The van der Waals surface area contributed by atoms with Crippen LogP contribution in [0.3, 0.4) is 0 Å². The molecule has 1 unspecified atom stereocenters. The normalized spacial score (nSPS) is 15.3. The summed E-state index contributed by atoms with van der Waals surface area (Å²) in [6, 6.07) is 4.38. The molecule has 7 nitrogen and oxygen atoms in total. The zero-order valence-electron chi connectivity index (χ0n) is 12.0. The van der Waals surface area contributed by atoms with E-state index in [0.29, 0.717) is 17.4 Å². The molecule has 0 bridgehead atoms. The highest BCUT2D eigenvalue weighted by Gasteiger charge is 2.29. The first-order valence-electron chi connectivity index (χ1n) is 6.73. The van der Waals surface area contributed by atoms with Gasteiger partial charge in [0.05, 0.1) is 17.6 Å². The zero-order valence-corrected chi connectivity index (χ0v) is 12.0. The monoisotopic (exact) mass is 294 g/mol. The van der Waals surface area contributed by atoms with Gasteiger partial charge < -0.3 is 9.47 Å². The van der Waals surface area contributed by atoms with Crippen molar-refractivity contribution in [2.24, 2.45) is 0 Å². The van der Waals surface area contributed by atoms with Crippen molar-refractivity contribution >= 4 is 11.7 Å². The van der Waals surface area contributed by atoms with Crippen molar-refractivity contribution in [2.75, 3.05) is 13.7 Å². The maximum atomic E-state index is 11.7. The summed E-state index contributed by atoms with van der Waals surface area (Å²) in [5.41, 5.74) is 0.440. The van der Waals surface area contributed by atoms with E-state index in [1.54, 1.807) is 19.1 Å². The van der Waals surface area contributed by atoms with Crippen molar-refractivity contribution in [3.05, 3.63) is 33.9 Å². The molecule has 0 aliphatic heterocycles. The topological polar surface area (TPSA) is 90.7 Å². The van der Waals surface area contributed by atoms with Crippen molar-refractivity contribution in [1.82, 2.24) is 5.32 Å². The van der Waals surface area contributed by atoms with Gasteiger partial charge >= 0.3 is 5.97 Å². The average molecular weight is 294 g/mol. The molecule has 1 aromatic carbocycles. The van der Waals surface area contributed by atoms with Gasteiger partial charge in [0.2, 0.25) is 0 Å². The Balaban J connectivity index is 2.04. The van der Waals surface area contributed by atoms with Crippen LogP contribution in [-0.4, -0.2) is 36.7 Å². The number of carbonyl (C=O) groups excluding carboxylic acids is 1. The minimum atomic E-state index is -0.568. The van der Waals surface area contributed by atoms with E-state index in [1.165, 1.54) is 13.2 Å². The first-order valence-corrected chi connectivity index (χ1v) is 6.73. The smallest absolute Gasteiger partial charge is 0.326 e. The maximum Gasteiger partial charge on any atom is 0.326 e. The molecule has 0 spiro atoms. The number of nitro benzene ring substituents is 1. The molecule has 1 aliphatic carbocycles. The largest absolute Gasteiger partial charge is 0.491 e. The number of ether oxygens (including phenoxy) is 2. The Bertz CT molecular complexity index is 542. The van der Waals surface area contributed by atoms with Gasteiger partial charge in [-0.1, -0.05) is 6.07 Å². The molecule has 0 amide bonds. The molecular weight excluding hydrogens is 276 g/mol. The van der Waals surface area contributed by atoms with E-state index in [1.807, 2.05) is 0 Å². The number of nitrogens with zero attached hydrogens (tertiary/aromatic N) is 1. The van der Waals surface area contributed by atoms with Crippen molar-refractivity contribution < 1.29 is 19.2 Å². The van der Waals surface area contributed by atoms with Crippen molar-refractivity contribution in [3.8, 4) is 5.75 Å². The lowest BCUT2D eigenvalue weighted by molar-refractivity contribution is -0.385. The van der Waals surface area contributed by atoms with E-state index < -0.39 is 16.9 Å². The van der Waals surface area contributed by atoms with Crippen LogP contribution in [0.1, 0.15) is 18.4 Å². The highest BCUT2D eigenvalue weighted by molar-refractivity contribution is 5.76. The van der Waals surface area contributed by atoms with Crippen LogP contribution in [0.4, 0.5) is 5.69 Å². The number of methoxy groups -OCH3 is 1. The molecule has 1 aliphatic rings. The molecular formula is C14H18N2O5. The molecule has 0 heterocycles. The van der Waals surface area contributed by atoms with Crippen LogP contribution >= 0.6 is 0 Å². The minimum absolute atomic E-state index is 0.00253. The van der Waals surface area contributed by atoms with E-state index in [9.17, 15) is 14.9 Å². The SMILES string of the molecule is COC(=O)C(COc1cccc([N+](=O)[O-])c1C)NC1CC1. The van der Waals surface area contributed by atoms with Gasteiger partial charge in [0.1, 0.15) is 18.4 Å². The van der Waals surface area contributed by atoms with Crippen LogP contribution in [0.2, 0.25) is 0 Å². The summed E-state index contributed by atoms with van der Waals surface area (Å²) >= 11 is 0. The number of hydrogen-bond acceptors (Lipinski definition) is 6. The molecule has 1 atom stereocenters. The fourth-order valence-corrected chi connectivity index (χ4v) is 1.99. The van der Waals surface area contributed by atoms with E-state index in [0.717, 1.165) is 12.8 Å². The van der Waals surface area contributed by atoms with Crippen molar-refractivity contribution in [2.45, 2.75) is 31.8 Å². The Morgan fingerprint density at radius 1 is 1.52 bits per heavy atom. The Hall–Kier alpha value is -2.15. The van der Waals surface area contributed by atoms with Gasteiger partial charge in [0.15, 0.2) is 0 Å². The van der Waals surface area contributed by atoms with Crippen molar-refractivity contribution in [3.63, 3.8) is 0 Å². The third-order valence-electron chi connectivity index (χ3n) is 3.36. The molecule has 1 N–H and O–H groups in total. The summed E-state index contributed by atoms with van der Waals surface area (Å²) in [6.07, 6.45) is 2.06. The van der Waals surface area contributed by atoms with Gasteiger partial charge in [0, 0.05) is 12.1 Å². The standard InChI is InChI=1S/C14H18N2O5/c1-9-12(16(18)19)4-3-5-13(9)21-8-11(14(17)20-2)15-10-6-7-10/h3-5,10-11,15H,6-8H2,1-2H3. The van der Waals surface area contributed by atoms with Gasteiger partial charge in [0.25, 0.3) is 5.69 Å². The molecule has 1 fully saturated rings. The van der Waals surface area contributed by atoms with Gasteiger partial charge in [-0.05, 0) is 25.8 Å². The number of esters is 1. The number of nitrogens with one attached hydrogen (secondary N) is 1. The van der Waals surface area contributed by atoms with E-state index >= 15 is 0 Å². The van der Waals surface area contributed by atoms with Gasteiger partial charge in [-0.2, -0.15) is 0 Å². The fourth-order valence-electron chi connectivity index (χ4n) is 1.99. The molecule has 1 aromatic rings. The average Bonchev–Trinajstić information content (AvgIpc) is 3.27. The molecule has 0 saturated heterocycles. The Labute approximate surface area is 122 Å². The fraction of sp³-hybridized carbons (Fsp3) is 0.500. The van der Waals surface area contributed by atoms with Gasteiger partial charge in [-0.25, -0.2) is 0 Å². The van der Waals surface area contributed by atoms with Gasteiger partial charge in [-0.3, -0.25) is 20.2 Å². The first kappa shape index (κ1) is 15.2. The molecule has 1 saturated carbocycles. The lowest BCUT2D eigenvalue weighted by Gasteiger charge is -2.17. The zero-order chi connectivity index (χ0) is 15.4. The quantitative estimate of drug-likeness (QED) is 0.466. The summed E-state index contributed by atoms with van der Waals surface area (Å²) < 4.78 is 10.3. The molecule has 0 aromatic heterocycles. The summed E-state index contributed by atoms with van der Waals surface area (Å²) in [7, 11) is 1.32. The second-order valence-corrected chi connectivity index (χ2v) is 4.99. The number of rotatable bonds is 7. The van der Waals surface area contributed by atoms with E-state index in [-0.39, 0.29) is 12.3 Å². The van der Waals surface area contributed by atoms with Gasteiger partial charge in [-0.15, -0.1) is 0 Å². The summed E-state index contributed by atoms with van der Waals surface area (Å²) in [4.78, 5) is 22.1. The second-order valence-electron chi connectivity index (χ2n) is 4.99. The van der Waals surface area contributed by atoms with Crippen LogP contribution in [0, 0.1) is 17.0 Å². The molecule has 21 heavy (non-hydrogen) atoms. The third-order valence-corrected chi connectivity index (χ3v) is 3.36. The number of benzene rings is 1. The molecule has 7 heteroatoms. The Kier molecular flexibility index (Phi) is 4.74. The lowest BCUT2D eigenvalue weighted by atomic mass is 10.2. The molecule has 2 rings (SSSR count). The lowest BCUT2D eigenvalue weighted by Crippen LogP contribution is -2.43. The minimum Gasteiger partial charge on any atom is -0.491 e. The highest BCUT2D eigenvalue weighted by atomic mass is 16.6. The van der Waals surface area contributed by atoms with Crippen LogP contribution < -0.4 is 10.1 Å². The number of carbonyl (C=O) groups is 1. The third kappa shape index (κ3) is 3.91. The summed E-state index contributed by atoms with van der Waals surface area (Å²) in [5.74, 6) is 0.000633. The van der Waals surface area contributed by atoms with Crippen molar-refractivity contribution in [1.29, 1.82) is 0 Å². The predicted molar refractivity (Wildman–Crippen MR) is 75.3 cm³/mol. The first-order chi connectivity index (χ1) is 10.0. The molecule has 114 valence electrons. The van der Waals surface area contributed by atoms with Crippen LogP contribution in [-0.2, 0) is 9.53 Å². The Morgan fingerprint density at radius 2 is 2.24 bits per heavy atom. The number of nitro groups is 1.